The highest BCUT2D eigenvalue weighted by Crippen LogP contribution is 2.44. The van der Waals surface area contributed by atoms with Crippen molar-refractivity contribution in [2.24, 2.45) is 0 Å². The molecule has 2 heteroatoms. The monoisotopic (exact) mass is 1010 g/mol. The number of nitrogens with zero attached hydrogens (tertiary/aromatic N) is 2. The van der Waals surface area contributed by atoms with Crippen LogP contribution in [0.5, 0.6) is 0 Å². The minimum Gasteiger partial charge on any atom is -0.493 e. The smallest absolute Gasteiger partial charge is 0.223 e. The molecule has 0 unspecified atom stereocenters. The van der Waals surface area contributed by atoms with E-state index in [2.05, 4.69) is 89.8 Å². The lowest BCUT2D eigenvalue weighted by molar-refractivity contribution is -0.345. The number of hydrogen-bond acceptors (Lipinski definition) is 0. The Morgan fingerprint density at radius 3 is 0.905 bits per heavy atom. The summed E-state index contributed by atoms with van der Waals surface area (Å²) in [6, 6.07) is 14.7. The highest BCUT2D eigenvalue weighted by Gasteiger charge is 2.36. The molecule has 2 nitrogen and oxygen atoms in total. The number of hydrogen-bond donors (Lipinski definition) is 0. The van der Waals surface area contributed by atoms with Gasteiger partial charge >= 0.3 is 0 Å². The molecule has 1 aliphatic rings. The fourth-order valence-electron chi connectivity index (χ4n) is 11.6. The minimum atomic E-state index is 0.926. The van der Waals surface area contributed by atoms with Gasteiger partial charge in [-0.05, 0) is 117 Å². The summed E-state index contributed by atoms with van der Waals surface area (Å²) in [5.74, 6) is 7.65. The third kappa shape index (κ3) is 29.0. The second-order valence-electron chi connectivity index (χ2n) is 23.5. The Kier molecular flexibility index (Phi) is 39.9. The molecule has 74 heavy (non-hydrogen) atoms. The van der Waals surface area contributed by atoms with Crippen molar-refractivity contribution in [2.45, 2.75) is 350 Å². The van der Waals surface area contributed by atoms with Gasteiger partial charge in [0.15, 0.2) is 0 Å². The number of allylic oxidation sites excluding steroid dienone is 2. The van der Waals surface area contributed by atoms with Gasteiger partial charge in [-0.25, -0.2) is 4.70 Å². The summed E-state index contributed by atoms with van der Waals surface area (Å²) in [5, 5.41) is 0. The summed E-state index contributed by atoms with van der Waals surface area (Å²) >= 11 is 0. The maximum absolute atomic E-state index is 13.0. The van der Waals surface area contributed by atoms with E-state index in [4.69, 9.17) is 0 Å². The molecular weight excluding hydrogens is 893 g/mol. The number of rotatable bonds is 49. The average Bonchev–Trinajstić information content (AvgIpc) is 3.69. The first kappa shape index (κ1) is 65.4. The highest BCUT2D eigenvalue weighted by atomic mass is 15.2. The van der Waals surface area contributed by atoms with Crippen molar-refractivity contribution >= 4 is 11.4 Å². The Morgan fingerprint density at radius 1 is 0.297 bits per heavy atom. The van der Waals surface area contributed by atoms with Gasteiger partial charge in [0.1, 0.15) is 5.57 Å². The van der Waals surface area contributed by atoms with Gasteiger partial charge in [0, 0.05) is 23.1 Å². The van der Waals surface area contributed by atoms with Crippen molar-refractivity contribution in [3.05, 3.63) is 86.5 Å². The van der Waals surface area contributed by atoms with E-state index in [1.807, 2.05) is 0 Å². The molecule has 0 amide bonds. The van der Waals surface area contributed by atoms with Crippen LogP contribution in [-0.4, -0.2) is 4.70 Å². The molecule has 0 fully saturated rings. The highest BCUT2D eigenvalue weighted by molar-refractivity contribution is 5.86. The zero-order chi connectivity index (χ0) is 52.9. The lowest BCUT2D eigenvalue weighted by Gasteiger charge is -2.14. The van der Waals surface area contributed by atoms with Crippen LogP contribution >= 0.6 is 0 Å². The third-order valence-electron chi connectivity index (χ3n) is 16.3. The number of benzene rings is 2. The lowest BCUT2D eigenvalue weighted by Crippen LogP contribution is -2.05. The Balaban J connectivity index is 1.85. The summed E-state index contributed by atoms with van der Waals surface area (Å²) in [7, 11) is 0. The summed E-state index contributed by atoms with van der Waals surface area (Å²) in [6.07, 6.45) is 62.4. The Bertz CT molecular complexity index is 1780. The van der Waals surface area contributed by atoms with Crippen LogP contribution in [0.1, 0.15) is 357 Å². The zero-order valence-corrected chi connectivity index (χ0v) is 50.3. The molecule has 0 saturated carbocycles. The third-order valence-corrected chi connectivity index (χ3v) is 16.3. The second kappa shape index (κ2) is 45.1. The van der Waals surface area contributed by atoms with Crippen molar-refractivity contribution in [1.29, 1.82) is 0 Å². The molecule has 0 aliphatic carbocycles. The summed E-state index contributed by atoms with van der Waals surface area (Å²) < 4.78 is 1.65. The summed E-state index contributed by atoms with van der Waals surface area (Å²) in [6.45, 7) is 13.9. The molecular formula is C72H120N2. The van der Waals surface area contributed by atoms with E-state index in [9.17, 15) is 5.53 Å². The largest absolute Gasteiger partial charge is 0.493 e. The van der Waals surface area contributed by atoms with E-state index < -0.39 is 0 Å². The number of unbranched alkanes of at least 4 members (excludes halogenated alkanes) is 37. The molecule has 418 valence electrons. The molecule has 1 aliphatic heterocycles. The molecule has 0 bridgehead atoms. The van der Waals surface area contributed by atoms with Crippen molar-refractivity contribution in [2.75, 3.05) is 0 Å². The maximum Gasteiger partial charge on any atom is 0.223 e. The Morgan fingerprint density at radius 2 is 0.568 bits per heavy atom. The van der Waals surface area contributed by atoms with E-state index in [1.165, 1.54) is 296 Å². The fraction of sp³-hybridized carbons (Fsp3) is 0.750. The topological polar surface area (TPSA) is 25.3 Å². The second-order valence-corrected chi connectivity index (χ2v) is 23.5. The normalized spacial score (nSPS) is 12.7. The van der Waals surface area contributed by atoms with Crippen LogP contribution in [0.3, 0.4) is 0 Å². The van der Waals surface area contributed by atoms with Crippen LogP contribution in [0, 0.1) is 11.8 Å². The van der Waals surface area contributed by atoms with Crippen molar-refractivity contribution in [3.63, 3.8) is 0 Å². The van der Waals surface area contributed by atoms with Crippen LogP contribution < -0.4 is 0 Å². The van der Waals surface area contributed by atoms with Crippen LogP contribution in [0.2, 0.25) is 0 Å². The van der Waals surface area contributed by atoms with E-state index in [1.54, 1.807) is 4.70 Å². The molecule has 0 saturated heterocycles. The molecule has 1 heterocycles. The molecule has 3 rings (SSSR count). The van der Waals surface area contributed by atoms with Crippen molar-refractivity contribution in [3.8, 4) is 11.8 Å². The van der Waals surface area contributed by atoms with Gasteiger partial charge in [-0.2, -0.15) is 0 Å². The van der Waals surface area contributed by atoms with Crippen LogP contribution in [0.25, 0.3) is 16.9 Å². The van der Waals surface area contributed by atoms with E-state index in [0.717, 1.165) is 68.3 Å². The van der Waals surface area contributed by atoms with Gasteiger partial charge in [0.2, 0.25) is 11.4 Å². The molecule has 0 atom stereocenters. The molecule has 2 aromatic rings. The summed E-state index contributed by atoms with van der Waals surface area (Å²) in [4.78, 5) is 0. The average molecular weight is 1010 g/mol. The van der Waals surface area contributed by atoms with Gasteiger partial charge in [0.05, 0.1) is 0 Å². The first-order chi connectivity index (χ1) is 36.5. The molecule has 2 aromatic carbocycles. The first-order valence-corrected chi connectivity index (χ1v) is 33.2. The number of aryl methyl sites for hydroxylation is 4. The Labute approximate surface area is 461 Å². The molecule has 0 N–H and O–H groups in total. The van der Waals surface area contributed by atoms with Gasteiger partial charge in [-0.1, -0.05) is 297 Å². The maximum atomic E-state index is 13.0. The lowest BCUT2D eigenvalue weighted by atomic mass is 9.91. The van der Waals surface area contributed by atoms with Crippen LogP contribution in [0.15, 0.2) is 47.5 Å². The predicted octanol–water partition coefficient (Wildman–Crippen LogP) is 24.3. The summed E-state index contributed by atoms with van der Waals surface area (Å²) in [5.41, 5.74) is 25.4. The molecule has 0 radical (unpaired) electrons. The van der Waals surface area contributed by atoms with E-state index in [0.29, 0.717) is 0 Å². The van der Waals surface area contributed by atoms with Gasteiger partial charge in [0.25, 0.3) is 0 Å². The van der Waals surface area contributed by atoms with Crippen molar-refractivity contribution in [1.82, 2.24) is 0 Å². The molecule has 0 spiro atoms. The standard InChI is InChI=1S/C72H120N2/c1-7-13-19-23-27-28-29-30-31-32-33-34-35-36-37-38-39-40-41-42-46-50-56-70-69(55-49-45-26-22-16-10-4)71(67-59-63(51-17-11-5)57-64(60-67)52-18-12-6)74(73)72(70)68-61-65(53-47-43-24-20-14-8-2)58-66(62-68)54-48-44-25-21-15-9-3/h57-62H,7-49,51-55H2,1-6H3. The van der Waals surface area contributed by atoms with E-state index in [-0.39, 0.29) is 0 Å². The van der Waals surface area contributed by atoms with Gasteiger partial charge in [-0.3, -0.25) is 0 Å². The predicted molar refractivity (Wildman–Crippen MR) is 330 cm³/mol. The van der Waals surface area contributed by atoms with Crippen molar-refractivity contribution < 1.29 is 4.70 Å². The van der Waals surface area contributed by atoms with Gasteiger partial charge < -0.3 is 5.53 Å². The minimum absolute atomic E-state index is 0.926. The molecule has 0 aromatic heterocycles. The fourth-order valence-corrected chi connectivity index (χ4v) is 11.6. The van der Waals surface area contributed by atoms with Crippen LogP contribution in [-0.2, 0) is 25.7 Å². The Hall–Kier alpha value is -2.92. The van der Waals surface area contributed by atoms with Gasteiger partial charge in [-0.15, -0.1) is 0 Å². The SMILES string of the molecule is CCCCCCCCCCCCCCCCCCCCCCC#CC1=C(c2cc(CCCCCCCC)cc(CCCCCCCC)c2)[N+](=[N-])C(c2cc(CCCC)cc(CCCC)c2)=C1CCCCCCCC. The van der Waals surface area contributed by atoms with E-state index >= 15 is 0 Å². The first-order valence-electron chi connectivity index (χ1n) is 33.2. The van der Waals surface area contributed by atoms with Crippen LogP contribution in [0.4, 0.5) is 0 Å². The quantitative estimate of drug-likeness (QED) is 0.0359. The zero-order valence-electron chi connectivity index (χ0n) is 50.3.